The lowest BCUT2D eigenvalue weighted by Gasteiger charge is -2.50. The highest BCUT2D eigenvalue weighted by Gasteiger charge is 2.61. The van der Waals surface area contributed by atoms with Gasteiger partial charge in [0.15, 0.2) is 5.76 Å². The number of nitrogens with one attached hydrogen (secondary N) is 2. The summed E-state index contributed by atoms with van der Waals surface area (Å²) in [6.07, 6.45) is 5.50. The van der Waals surface area contributed by atoms with E-state index in [1.807, 2.05) is 6.92 Å². The summed E-state index contributed by atoms with van der Waals surface area (Å²) in [4.78, 5) is 25.2. The van der Waals surface area contributed by atoms with Gasteiger partial charge >= 0.3 is 0 Å². The molecule has 3 rings (SSSR count). The first-order valence-corrected chi connectivity index (χ1v) is 10.9. The third-order valence-corrected chi connectivity index (χ3v) is 7.33. The van der Waals surface area contributed by atoms with Crippen molar-refractivity contribution in [3.63, 3.8) is 0 Å². The molecule has 7 nitrogen and oxygen atoms in total. The summed E-state index contributed by atoms with van der Waals surface area (Å²) in [7, 11) is 1.61. The lowest BCUT2D eigenvalue weighted by atomic mass is 9.57. The first-order valence-electron chi connectivity index (χ1n) is 10.9. The van der Waals surface area contributed by atoms with E-state index in [4.69, 9.17) is 9.15 Å². The van der Waals surface area contributed by atoms with Crippen molar-refractivity contribution < 1.29 is 23.8 Å². The van der Waals surface area contributed by atoms with Crippen molar-refractivity contribution in [3.8, 4) is 0 Å². The van der Waals surface area contributed by atoms with E-state index >= 15 is 0 Å². The molecule has 2 amide bonds. The first-order chi connectivity index (χ1) is 14.1. The summed E-state index contributed by atoms with van der Waals surface area (Å²) in [6.45, 7) is 7.30. The number of fused-ring (bicyclic) bond motifs is 1. The van der Waals surface area contributed by atoms with Gasteiger partial charge in [0.05, 0.1) is 18.5 Å². The number of aliphatic hydroxyl groups is 1. The zero-order valence-corrected chi connectivity index (χ0v) is 18.6. The fraction of sp³-hybridized carbons (Fsp3) is 0.739. The second-order valence-corrected chi connectivity index (χ2v) is 10.0. The smallest absolute Gasteiger partial charge is 0.287 e. The molecule has 2 saturated carbocycles. The molecule has 1 aromatic rings. The molecule has 1 heterocycles. The van der Waals surface area contributed by atoms with Gasteiger partial charge in [0, 0.05) is 26.1 Å². The SMILES string of the molecule is COCCNC(=O)CCC12CCC(C)(O)CC1C(C)(C)CC2NC(=O)c1ccco1. The topological polar surface area (TPSA) is 101 Å². The van der Waals surface area contributed by atoms with Crippen molar-refractivity contribution in [1.82, 2.24) is 10.6 Å². The zero-order chi connectivity index (χ0) is 22.0. The molecule has 2 fully saturated rings. The van der Waals surface area contributed by atoms with E-state index in [2.05, 4.69) is 24.5 Å². The van der Waals surface area contributed by atoms with E-state index in [0.717, 1.165) is 12.8 Å². The van der Waals surface area contributed by atoms with Crippen LogP contribution in [0.1, 0.15) is 69.9 Å². The van der Waals surface area contributed by atoms with Gasteiger partial charge in [0.2, 0.25) is 5.91 Å². The minimum Gasteiger partial charge on any atom is -0.459 e. The van der Waals surface area contributed by atoms with E-state index < -0.39 is 5.60 Å². The van der Waals surface area contributed by atoms with Crippen LogP contribution in [-0.2, 0) is 9.53 Å². The quantitative estimate of drug-likeness (QED) is 0.562. The van der Waals surface area contributed by atoms with Crippen molar-refractivity contribution in [2.45, 2.75) is 70.9 Å². The summed E-state index contributed by atoms with van der Waals surface area (Å²) < 4.78 is 10.3. The first kappa shape index (κ1) is 22.8. The van der Waals surface area contributed by atoms with Gasteiger partial charge in [-0.3, -0.25) is 9.59 Å². The Morgan fingerprint density at radius 1 is 1.27 bits per heavy atom. The van der Waals surface area contributed by atoms with Crippen molar-refractivity contribution >= 4 is 11.8 Å². The van der Waals surface area contributed by atoms with E-state index in [1.165, 1.54) is 6.26 Å². The van der Waals surface area contributed by atoms with E-state index in [0.29, 0.717) is 44.6 Å². The number of ether oxygens (including phenoxy) is 1. The zero-order valence-electron chi connectivity index (χ0n) is 18.6. The number of carbonyl (C=O) groups excluding carboxylic acids is 2. The van der Waals surface area contributed by atoms with Crippen LogP contribution in [0.25, 0.3) is 0 Å². The number of furan rings is 1. The van der Waals surface area contributed by atoms with Crippen LogP contribution in [0.3, 0.4) is 0 Å². The predicted molar refractivity (Wildman–Crippen MR) is 113 cm³/mol. The Labute approximate surface area is 178 Å². The Balaban J connectivity index is 1.81. The summed E-state index contributed by atoms with van der Waals surface area (Å²) in [5.74, 6) is 0.287. The van der Waals surface area contributed by atoms with E-state index in [-0.39, 0.29) is 34.6 Å². The minimum absolute atomic E-state index is 0.00155. The fourth-order valence-electron chi connectivity index (χ4n) is 5.80. The Hall–Kier alpha value is -1.86. The van der Waals surface area contributed by atoms with Crippen LogP contribution in [0, 0.1) is 16.7 Å². The molecule has 0 spiro atoms. The van der Waals surface area contributed by atoms with Gasteiger partial charge in [-0.25, -0.2) is 0 Å². The van der Waals surface area contributed by atoms with Gasteiger partial charge in [0.1, 0.15) is 0 Å². The van der Waals surface area contributed by atoms with Crippen molar-refractivity contribution in [2.24, 2.45) is 16.7 Å². The van der Waals surface area contributed by atoms with Crippen molar-refractivity contribution in [3.05, 3.63) is 24.2 Å². The maximum atomic E-state index is 12.8. The van der Waals surface area contributed by atoms with Crippen LogP contribution in [-0.4, -0.2) is 48.8 Å². The molecule has 2 aliphatic rings. The molecule has 7 heteroatoms. The molecule has 0 radical (unpaired) electrons. The average Bonchev–Trinajstić information content (AvgIpc) is 3.27. The summed E-state index contributed by atoms with van der Waals surface area (Å²) >= 11 is 0. The number of methoxy groups -OCH3 is 1. The Bertz CT molecular complexity index is 743. The maximum Gasteiger partial charge on any atom is 0.287 e. The molecule has 0 aromatic carbocycles. The van der Waals surface area contributed by atoms with Crippen molar-refractivity contribution in [2.75, 3.05) is 20.3 Å². The molecular weight excluding hydrogens is 384 g/mol. The number of amides is 2. The van der Waals surface area contributed by atoms with Crippen LogP contribution in [0.2, 0.25) is 0 Å². The molecule has 0 bridgehead atoms. The van der Waals surface area contributed by atoms with Gasteiger partial charge in [-0.05, 0) is 67.9 Å². The molecule has 3 N–H and O–H groups in total. The Kier molecular flexibility index (Phi) is 6.63. The summed E-state index contributed by atoms with van der Waals surface area (Å²) in [5, 5.41) is 16.9. The molecular formula is C23H36N2O5. The third-order valence-electron chi connectivity index (χ3n) is 7.33. The number of rotatable bonds is 8. The largest absolute Gasteiger partial charge is 0.459 e. The van der Waals surface area contributed by atoms with Crippen LogP contribution in [0.5, 0.6) is 0 Å². The van der Waals surface area contributed by atoms with E-state index in [9.17, 15) is 14.7 Å². The Morgan fingerprint density at radius 3 is 2.70 bits per heavy atom. The summed E-state index contributed by atoms with van der Waals surface area (Å²) in [6, 6.07) is 3.29. The molecule has 168 valence electrons. The second kappa shape index (κ2) is 8.71. The molecule has 2 aliphatic carbocycles. The van der Waals surface area contributed by atoms with Crippen LogP contribution in [0.15, 0.2) is 22.8 Å². The molecule has 0 saturated heterocycles. The number of carbonyl (C=O) groups is 2. The maximum absolute atomic E-state index is 12.8. The second-order valence-electron chi connectivity index (χ2n) is 10.0. The van der Waals surface area contributed by atoms with Crippen LogP contribution < -0.4 is 10.6 Å². The number of hydrogen-bond donors (Lipinski definition) is 3. The van der Waals surface area contributed by atoms with Crippen LogP contribution >= 0.6 is 0 Å². The monoisotopic (exact) mass is 420 g/mol. The standard InChI is InChI=1S/C23H36N2O5/c1-21(2)15-18(25-20(27)16-6-5-12-30-16)23(8-7-19(26)24-11-13-29-4)10-9-22(3,28)14-17(21)23/h5-6,12,17-18,28H,7-11,13-15H2,1-4H3,(H,24,26)(H,25,27). The minimum atomic E-state index is -0.716. The van der Waals surface area contributed by atoms with Crippen molar-refractivity contribution in [1.29, 1.82) is 0 Å². The Morgan fingerprint density at radius 2 is 2.03 bits per heavy atom. The highest BCUT2D eigenvalue weighted by molar-refractivity contribution is 5.91. The summed E-state index contributed by atoms with van der Waals surface area (Å²) in [5.41, 5.74) is -1.00. The highest BCUT2D eigenvalue weighted by Crippen LogP contribution is 2.63. The van der Waals surface area contributed by atoms with Gasteiger partial charge in [-0.15, -0.1) is 0 Å². The third kappa shape index (κ3) is 4.72. The predicted octanol–water partition coefficient (Wildman–Crippen LogP) is 2.89. The molecule has 4 atom stereocenters. The van der Waals surface area contributed by atoms with Crippen LogP contribution in [0.4, 0.5) is 0 Å². The molecule has 30 heavy (non-hydrogen) atoms. The molecule has 0 aliphatic heterocycles. The molecule has 1 aromatic heterocycles. The average molecular weight is 421 g/mol. The lowest BCUT2D eigenvalue weighted by molar-refractivity contribution is -0.123. The lowest BCUT2D eigenvalue weighted by Crippen LogP contribution is -2.52. The van der Waals surface area contributed by atoms with Gasteiger partial charge in [0.25, 0.3) is 5.91 Å². The normalized spacial score (nSPS) is 32.4. The van der Waals surface area contributed by atoms with Gasteiger partial charge < -0.3 is 24.9 Å². The highest BCUT2D eigenvalue weighted by atomic mass is 16.5. The molecule has 4 unspecified atom stereocenters. The van der Waals surface area contributed by atoms with Gasteiger partial charge in [-0.2, -0.15) is 0 Å². The van der Waals surface area contributed by atoms with Gasteiger partial charge in [-0.1, -0.05) is 13.8 Å². The van der Waals surface area contributed by atoms with E-state index in [1.54, 1.807) is 19.2 Å². The fourth-order valence-corrected chi connectivity index (χ4v) is 5.80. The number of hydrogen-bond acceptors (Lipinski definition) is 5.